The van der Waals surface area contributed by atoms with Crippen LogP contribution in [-0.4, -0.2) is 16.9 Å². The molecule has 2 heterocycles. The standard InChI is InChI=1S/C8H11N3/c1-6-3-4-11-7(2)9-10-8(11)5-6/h3-5,7,9H,1-2H3. The van der Waals surface area contributed by atoms with Crippen molar-refractivity contribution in [1.29, 1.82) is 0 Å². The first-order chi connectivity index (χ1) is 5.27. The highest BCUT2D eigenvalue weighted by Crippen LogP contribution is 2.14. The Balaban J connectivity index is 2.31. The van der Waals surface area contributed by atoms with Crippen molar-refractivity contribution in [3.63, 3.8) is 0 Å². The number of nitrogens with one attached hydrogen (secondary N) is 1. The monoisotopic (exact) mass is 149 g/mol. The second-order valence-corrected chi connectivity index (χ2v) is 2.89. The quantitative estimate of drug-likeness (QED) is 0.557. The molecule has 0 radical (unpaired) electrons. The van der Waals surface area contributed by atoms with Crippen LogP contribution in [0.4, 0.5) is 0 Å². The molecule has 1 N–H and O–H groups in total. The van der Waals surface area contributed by atoms with Gasteiger partial charge in [-0.05, 0) is 31.6 Å². The van der Waals surface area contributed by atoms with Crippen molar-refractivity contribution in [2.45, 2.75) is 20.0 Å². The number of hydrogen-bond donors (Lipinski definition) is 1. The van der Waals surface area contributed by atoms with Crippen LogP contribution in [0.3, 0.4) is 0 Å². The van der Waals surface area contributed by atoms with Gasteiger partial charge in [0.2, 0.25) is 0 Å². The van der Waals surface area contributed by atoms with Crippen LogP contribution >= 0.6 is 0 Å². The highest BCUT2D eigenvalue weighted by atomic mass is 15.5. The van der Waals surface area contributed by atoms with E-state index in [1.165, 1.54) is 5.57 Å². The van der Waals surface area contributed by atoms with Gasteiger partial charge >= 0.3 is 0 Å². The summed E-state index contributed by atoms with van der Waals surface area (Å²) in [5.74, 6) is 1.01. The van der Waals surface area contributed by atoms with Gasteiger partial charge in [0.1, 0.15) is 6.17 Å². The zero-order chi connectivity index (χ0) is 7.84. The molecule has 0 fully saturated rings. The maximum atomic E-state index is 4.15. The third kappa shape index (κ3) is 0.926. The van der Waals surface area contributed by atoms with Gasteiger partial charge in [-0.25, -0.2) is 0 Å². The van der Waals surface area contributed by atoms with Gasteiger partial charge in [-0.15, -0.1) is 0 Å². The maximum Gasteiger partial charge on any atom is 0.154 e. The molecular weight excluding hydrogens is 138 g/mol. The van der Waals surface area contributed by atoms with E-state index < -0.39 is 0 Å². The Morgan fingerprint density at radius 2 is 2.45 bits per heavy atom. The molecular formula is C8H11N3. The average Bonchev–Trinajstić information content (AvgIpc) is 2.32. The van der Waals surface area contributed by atoms with E-state index in [1.54, 1.807) is 0 Å². The topological polar surface area (TPSA) is 27.6 Å². The first kappa shape index (κ1) is 6.46. The van der Waals surface area contributed by atoms with Crippen LogP contribution in [0.25, 0.3) is 0 Å². The van der Waals surface area contributed by atoms with Gasteiger partial charge in [-0.1, -0.05) is 0 Å². The zero-order valence-corrected chi connectivity index (χ0v) is 6.70. The highest BCUT2D eigenvalue weighted by molar-refractivity contribution is 5.96. The molecule has 0 aliphatic carbocycles. The average molecular weight is 149 g/mol. The van der Waals surface area contributed by atoms with Gasteiger partial charge in [-0.3, -0.25) is 5.43 Å². The largest absolute Gasteiger partial charge is 0.310 e. The molecule has 2 aliphatic rings. The van der Waals surface area contributed by atoms with Crippen molar-refractivity contribution in [3.05, 3.63) is 23.9 Å². The lowest BCUT2D eigenvalue weighted by molar-refractivity contribution is 0.408. The van der Waals surface area contributed by atoms with Crippen LogP contribution in [0.2, 0.25) is 0 Å². The van der Waals surface area contributed by atoms with E-state index in [9.17, 15) is 0 Å². The summed E-state index contributed by atoms with van der Waals surface area (Å²) in [6.07, 6.45) is 6.50. The van der Waals surface area contributed by atoms with E-state index in [1.807, 2.05) is 0 Å². The Labute approximate surface area is 66.1 Å². The van der Waals surface area contributed by atoms with Crippen LogP contribution in [-0.2, 0) is 0 Å². The minimum atomic E-state index is 0.297. The van der Waals surface area contributed by atoms with E-state index in [-0.39, 0.29) is 0 Å². The van der Waals surface area contributed by atoms with Gasteiger partial charge < -0.3 is 4.90 Å². The zero-order valence-electron chi connectivity index (χ0n) is 6.70. The van der Waals surface area contributed by atoms with Gasteiger partial charge in [0.15, 0.2) is 5.84 Å². The van der Waals surface area contributed by atoms with Crippen molar-refractivity contribution in [3.8, 4) is 0 Å². The molecule has 0 amide bonds. The van der Waals surface area contributed by atoms with Gasteiger partial charge in [-0.2, -0.15) is 5.10 Å². The lowest BCUT2D eigenvalue weighted by Gasteiger charge is -2.21. The van der Waals surface area contributed by atoms with Crippen molar-refractivity contribution in [2.75, 3.05) is 0 Å². The normalized spacial score (nSPS) is 27.5. The molecule has 0 aromatic carbocycles. The second-order valence-electron chi connectivity index (χ2n) is 2.89. The molecule has 0 spiro atoms. The minimum absolute atomic E-state index is 0.297. The summed E-state index contributed by atoms with van der Waals surface area (Å²) in [5, 5.41) is 4.15. The predicted molar refractivity (Wildman–Crippen MR) is 44.8 cm³/mol. The van der Waals surface area contributed by atoms with Gasteiger partial charge in [0.05, 0.1) is 0 Å². The Morgan fingerprint density at radius 1 is 1.64 bits per heavy atom. The van der Waals surface area contributed by atoms with E-state index in [0.29, 0.717) is 6.17 Å². The molecule has 0 saturated carbocycles. The molecule has 0 aromatic rings. The van der Waals surface area contributed by atoms with Gasteiger partial charge in [0, 0.05) is 6.20 Å². The van der Waals surface area contributed by atoms with Crippen molar-refractivity contribution >= 4 is 5.84 Å². The molecule has 0 aromatic heterocycles. The molecule has 3 nitrogen and oxygen atoms in total. The number of hydrogen-bond acceptors (Lipinski definition) is 3. The van der Waals surface area contributed by atoms with E-state index >= 15 is 0 Å². The minimum Gasteiger partial charge on any atom is -0.310 e. The third-order valence-electron chi connectivity index (χ3n) is 1.90. The smallest absolute Gasteiger partial charge is 0.154 e. The summed E-state index contributed by atoms with van der Waals surface area (Å²) < 4.78 is 0. The van der Waals surface area contributed by atoms with Crippen LogP contribution < -0.4 is 5.43 Å². The second kappa shape index (κ2) is 2.12. The van der Waals surface area contributed by atoms with Gasteiger partial charge in [0.25, 0.3) is 0 Å². The Kier molecular flexibility index (Phi) is 1.24. The fourth-order valence-corrected chi connectivity index (χ4v) is 1.24. The molecule has 0 bridgehead atoms. The number of amidine groups is 1. The summed E-state index contributed by atoms with van der Waals surface area (Å²) in [5.41, 5.74) is 4.25. The third-order valence-corrected chi connectivity index (χ3v) is 1.90. The maximum absolute atomic E-state index is 4.15. The molecule has 58 valence electrons. The molecule has 2 aliphatic heterocycles. The number of hydrazone groups is 1. The lowest BCUT2D eigenvalue weighted by Crippen LogP contribution is -2.33. The highest BCUT2D eigenvalue weighted by Gasteiger charge is 2.21. The molecule has 1 unspecified atom stereocenters. The fraction of sp³-hybridized carbons (Fsp3) is 0.375. The number of rotatable bonds is 0. The van der Waals surface area contributed by atoms with Crippen molar-refractivity contribution in [1.82, 2.24) is 10.3 Å². The fourth-order valence-electron chi connectivity index (χ4n) is 1.24. The molecule has 3 heteroatoms. The first-order valence-electron chi connectivity index (χ1n) is 3.75. The van der Waals surface area contributed by atoms with E-state index in [4.69, 9.17) is 0 Å². The van der Waals surface area contributed by atoms with Crippen molar-refractivity contribution < 1.29 is 0 Å². The Morgan fingerprint density at radius 3 is 3.27 bits per heavy atom. The summed E-state index contributed by atoms with van der Waals surface area (Å²) in [6, 6.07) is 0. The Bertz CT molecular complexity index is 263. The van der Waals surface area contributed by atoms with Crippen LogP contribution in [0.5, 0.6) is 0 Å². The number of nitrogens with zero attached hydrogens (tertiary/aromatic N) is 2. The Hall–Kier alpha value is -1.25. The van der Waals surface area contributed by atoms with Crippen molar-refractivity contribution in [2.24, 2.45) is 5.10 Å². The molecule has 1 atom stereocenters. The van der Waals surface area contributed by atoms with E-state index in [0.717, 1.165) is 5.84 Å². The summed E-state index contributed by atoms with van der Waals surface area (Å²) in [6.45, 7) is 4.15. The first-order valence-corrected chi connectivity index (χ1v) is 3.75. The molecule has 11 heavy (non-hydrogen) atoms. The molecule has 2 rings (SSSR count). The predicted octanol–water partition coefficient (Wildman–Crippen LogP) is 1.02. The number of allylic oxidation sites excluding steroid dienone is 2. The summed E-state index contributed by atoms with van der Waals surface area (Å²) >= 11 is 0. The summed E-state index contributed by atoms with van der Waals surface area (Å²) in [4.78, 5) is 2.10. The van der Waals surface area contributed by atoms with Crippen LogP contribution in [0.1, 0.15) is 13.8 Å². The number of fused-ring (bicyclic) bond motifs is 1. The van der Waals surface area contributed by atoms with Crippen LogP contribution in [0, 0.1) is 0 Å². The molecule has 0 saturated heterocycles. The lowest BCUT2D eigenvalue weighted by atomic mass is 10.2. The summed E-state index contributed by atoms with van der Waals surface area (Å²) in [7, 11) is 0. The van der Waals surface area contributed by atoms with Crippen LogP contribution in [0.15, 0.2) is 29.0 Å². The SMILES string of the molecule is CC1=CC2=NNC(C)N2C=C1. The van der Waals surface area contributed by atoms with E-state index in [2.05, 4.69) is 47.6 Å².